The van der Waals surface area contributed by atoms with Crippen LogP contribution in [0.25, 0.3) is 10.9 Å². The molecule has 0 radical (unpaired) electrons. The Morgan fingerprint density at radius 3 is 2.77 bits per heavy atom. The number of H-pyrrole nitrogens is 1. The average molecular weight is 407 g/mol. The molecule has 1 unspecified atom stereocenters. The van der Waals surface area contributed by atoms with Crippen LogP contribution in [0, 0.1) is 10.1 Å². The molecule has 1 atom stereocenters. The third-order valence-electron chi connectivity index (χ3n) is 5.73. The van der Waals surface area contributed by atoms with Gasteiger partial charge in [0.05, 0.1) is 22.2 Å². The quantitative estimate of drug-likeness (QED) is 0.497. The van der Waals surface area contributed by atoms with Crippen LogP contribution in [-0.4, -0.2) is 45.5 Å². The lowest BCUT2D eigenvalue weighted by atomic mass is 10.0. The molecule has 1 fully saturated rings. The number of aromatic nitrogens is 2. The molecule has 156 valence electrons. The Morgan fingerprint density at radius 2 is 2.03 bits per heavy atom. The Balaban J connectivity index is 1.64. The van der Waals surface area contributed by atoms with E-state index >= 15 is 0 Å². The van der Waals surface area contributed by atoms with Crippen LogP contribution < -0.4 is 10.5 Å². The van der Waals surface area contributed by atoms with Crippen molar-refractivity contribution in [3.8, 4) is 0 Å². The number of fused-ring (bicyclic) bond motifs is 1. The maximum absolute atomic E-state index is 12.1. The summed E-state index contributed by atoms with van der Waals surface area (Å²) in [6, 6.07) is 13.7. The Hall–Kier alpha value is -3.26. The molecule has 8 nitrogen and oxygen atoms in total. The lowest BCUT2D eigenvalue weighted by molar-refractivity contribution is -0.384. The van der Waals surface area contributed by atoms with Gasteiger partial charge in [-0.05, 0) is 18.1 Å². The molecule has 8 heteroatoms. The SMILES string of the molecule is CCCC1CN(c2cc3nc[nH]c(=O)c3cc2[N+](=O)[O-])CCN1Cc1ccccc1. The predicted octanol–water partition coefficient (Wildman–Crippen LogP) is 3.32. The van der Waals surface area contributed by atoms with Crippen molar-refractivity contribution >= 4 is 22.3 Å². The number of hydrogen-bond acceptors (Lipinski definition) is 6. The number of anilines is 1. The first-order valence-corrected chi connectivity index (χ1v) is 10.3. The second-order valence-electron chi connectivity index (χ2n) is 7.69. The van der Waals surface area contributed by atoms with Gasteiger partial charge in [0, 0.05) is 38.3 Å². The minimum Gasteiger partial charge on any atom is -0.363 e. The third kappa shape index (κ3) is 4.04. The Kier molecular flexibility index (Phi) is 5.76. The first-order chi connectivity index (χ1) is 14.6. The molecule has 0 amide bonds. The Morgan fingerprint density at radius 1 is 1.23 bits per heavy atom. The summed E-state index contributed by atoms with van der Waals surface area (Å²) in [6.07, 6.45) is 3.39. The summed E-state index contributed by atoms with van der Waals surface area (Å²) in [5.74, 6) is 0. The van der Waals surface area contributed by atoms with Crippen molar-refractivity contribution in [2.45, 2.75) is 32.4 Å². The van der Waals surface area contributed by atoms with Gasteiger partial charge in [0.1, 0.15) is 5.69 Å². The Bertz CT molecular complexity index is 1100. The fraction of sp³-hybridized carbons (Fsp3) is 0.364. The first kappa shape index (κ1) is 20.0. The minimum atomic E-state index is -0.410. The zero-order valence-corrected chi connectivity index (χ0v) is 17.0. The number of aromatic amines is 1. The highest BCUT2D eigenvalue weighted by molar-refractivity contribution is 5.87. The summed E-state index contributed by atoms with van der Waals surface area (Å²) in [5, 5.41) is 12.0. The van der Waals surface area contributed by atoms with Crippen molar-refractivity contribution < 1.29 is 4.92 Å². The number of nitrogens with zero attached hydrogens (tertiary/aromatic N) is 4. The molecule has 30 heavy (non-hydrogen) atoms. The van der Waals surface area contributed by atoms with E-state index in [0.717, 1.165) is 25.9 Å². The van der Waals surface area contributed by atoms with Crippen LogP contribution in [0.15, 0.2) is 53.6 Å². The molecule has 1 N–H and O–H groups in total. The van der Waals surface area contributed by atoms with Crippen molar-refractivity contribution in [2.24, 2.45) is 0 Å². The summed E-state index contributed by atoms with van der Waals surface area (Å²) in [7, 11) is 0. The molecular formula is C22H25N5O3. The highest BCUT2D eigenvalue weighted by atomic mass is 16.6. The van der Waals surface area contributed by atoms with Crippen molar-refractivity contribution in [1.29, 1.82) is 0 Å². The molecule has 1 aliphatic rings. The number of benzene rings is 2. The van der Waals surface area contributed by atoms with Gasteiger partial charge in [0.25, 0.3) is 11.2 Å². The van der Waals surface area contributed by atoms with Crippen LogP contribution in [0.4, 0.5) is 11.4 Å². The summed E-state index contributed by atoms with van der Waals surface area (Å²) in [5.41, 5.74) is 1.86. The maximum Gasteiger partial charge on any atom is 0.293 e. The van der Waals surface area contributed by atoms with Gasteiger partial charge in [-0.15, -0.1) is 0 Å². The fourth-order valence-electron chi connectivity index (χ4n) is 4.24. The molecule has 2 heterocycles. The molecule has 4 rings (SSSR count). The van der Waals surface area contributed by atoms with Gasteiger partial charge in [0.2, 0.25) is 0 Å². The highest BCUT2D eigenvalue weighted by Gasteiger charge is 2.30. The molecule has 0 bridgehead atoms. The van der Waals surface area contributed by atoms with E-state index in [4.69, 9.17) is 0 Å². The summed E-state index contributed by atoms with van der Waals surface area (Å²) in [6.45, 7) is 5.24. The normalized spacial score (nSPS) is 17.4. The molecule has 2 aromatic carbocycles. The van der Waals surface area contributed by atoms with E-state index in [9.17, 15) is 14.9 Å². The maximum atomic E-state index is 12.1. The molecule has 3 aromatic rings. The van der Waals surface area contributed by atoms with Crippen molar-refractivity contribution in [1.82, 2.24) is 14.9 Å². The monoisotopic (exact) mass is 407 g/mol. The fourth-order valence-corrected chi connectivity index (χ4v) is 4.24. The largest absolute Gasteiger partial charge is 0.363 e. The van der Waals surface area contributed by atoms with Gasteiger partial charge >= 0.3 is 0 Å². The second kappa shape index (κ2) is 8.62. The number of piperazine rings is 1. The summed E-state index contributed by atoms with van der Waals surface area (Å²) in [4.78, 5) is 34.6. The van der Waals surface area contributed by atoms with Gasteiger partial charge < -0.3 is 9.88 Å². The van der Waals surface area contributed by atoms with Gasteiger partial charge in [0.15, 0.2) is 0 Å². The van der Waals surface area contributed by atoms with Gasteiger partial charge in [-0.3, -0.25) is 19.8 Å². The van der Waals surface area contributed by atoms with Gasteiger partial charge in [-0.2, -0.15) is 0 Å². The van der Waals surface area contributed by atoms with E-state index in [2.05, 4.69) is 38.8 Å². The van der Waals surface area contributed by atoms with E-state index in [1.807, 2.05) is 18.2 Å². The number of nitro benzene ring substituents is 1. The van der Waals surface area contributed by atoms with Crippen LogP contribution in [0.2, 0.25) is 0 Å². The smallest absolute Gasteiger partial charge is 0.293 e. The van der Waals surface area contributed by atoms with Crippen LogP contribution in [0.3, 0.4) is 0 Å². The lowest BCUT2D eigenvalue weighted by Gasteiger charge is -2.42. The highest BCUT2D eigenvalue weighted by Crippen LogP contribution is 2.33. The van der Waals surface area contributed by atoms with Gasteiger partial charge in [-0.1, -0.05) is 43.7 Å². The van der Waals surface area contributed by atoms with Gasteiger partial charge in [-0.25, -0.2) is 4.98 Å². The van der Waals surface area contributed by atoms with E-state index < -0.39 is 4.92 Å². The second-order valence-corrected chi connectivity index (χ2v) is 7.69. The molecule has 1 aromatic heterocycles. The standard InChI is InChI=1S/C22H25N5O3/c1-2-6-17-14-26(10-9-25(17)13-16-7-4-3-5-8-16)20-12-19-18(11-21(20)27(29)30)22(28)24-15-23-19/h3-5,7-8,11-12,15,17H,2,6,9-10,13-14H2,1H3,(H,23,24,28). The van der Waals surface area contributed by atoms with Crippen LogP contribution in [-0.2, 0) is 6.54 Å². The minimum absolute atomic E-state index is 0.0484. The predicted molar refractivity (Wildman–Crippen MR) is 117 cm³/mol. The van der Waals surface area contributed by atoms with Crippen molar-refractivity contribution in [3.63, 3.8) is 0 Å². The lowest BCUT2D eigenvalue weighted by Crippen LogP contribution is -2.52. The van der Waals surface area contributed by atoms with E-state index in [1.54, 1.807) is 6.07 Å². The molecule has 0 saturated carbocycles. The van der Waals surface area contributed by atoms with Crippen LogP contribution >= 0.6 is 0 Å². The number of nitro groups is 1. The van der Waals surface area contributed by atoms with Crippen LogP contribution in [0.1, 0.15) is 25.3 Å². The number of rotatable bonds is 6. The summed E-state index contributed by atoms with van der Waals surface area (Å²) < 4.78 is 0. The third-order valence-corrected chi connectivity index (χ3v) is 5.73. The molecule has 1 aliphatic heterocycles. The number of nitrogens with one attached hydrogen (secondary N) is 1. The zero-order chi connectivity index (χ0) is 21.1. The van der Waals surface area contributed by atoms with E-state index in [-0.39, 0.29) is 16.6 Å². The topological polar surface area (TPSA) is 95.4 Å². The zero-order valence-electron chi connectivity index (χ0n) is 17.0. The van der Waals surface area contributed by atoms with Crippen molar-refractivity contribution in [2.75, 3.05) is 24.5 Å². The van der Waals surface area contributed by atoms with E-state index in [1.165, 1.54) is 18.0 Å². The van der Waals surface area contributed by atoms with Crippen molar-refractivity contribution in [3.05, 3.63) is 74.8 Å². The van der Waals surface area contributed by atoms with E-state index in [0.29, 0.717) is 30.3 Å². The molecule has 1 saturated heterocycles. The molecular weight excluding hydrogens is 382 g/mol. The summed E-state index contributed by atoms with van der Waals surface area (Å²) >= 11 is 0. The molecule has 0 spiro atoms. The molecule has 0 aliphatic carbocycles. The Labute approximate surface area is 174 Å². The van der Waals surface area contributed by atoms with Crippen LogP contribution in [0.5, 0.6) is 0 Å². The number of hydrogen-bond donors (Lipinski definition) is 1. The first-order valence-electron chi connectivity index (χ1n) is 10.3. The average Bonchev–Trinajstić information content (AvgIpc) is 2.75.